The summed E-state index contributed by atoms with van der Waals surface area (Å²) < 4.78 is 0.226. The summed E-state index contributed by atoms with van der Waals surface area (Å²) in [5.74, 6) is -1.55. The Morgan fingerprint density at radius 3 is 2.77 bits per heavy atom. The number of amides is 1. The zero-order valence-corrected chi connectivity index (χ0v) is 8.02. The smallest absolute Gasteiger partial charge is 0.323 e. The molecule has 0 atom stereocenters. The van der Waals surface area contributed by atoms with Gasteiger partial charge in [-0.3, -0.25) is 14.5 Å². The van der Waals surface area contributed by atoms with Gasteiger partial charge in [0.15, 0.2) is 0 Å². The van der Waals surface area contributed by atoms with Crippen LogP contribution in [0.25, 0.3) is 0 Å². The summed E-state index contributed by atoms with van der Waals surface area (Å²) in [4.78, 5) is 22.9. The van der Waals surface area contributed by atoms with Gasteiger partial charge in [-0.05, 0) is 0 Å². The van der Waals surface area contributed by atoms with Gasteiger partial charge >= 0.3 is 5.97 Å². The maximum Gasteiger partial charge on any atom is 0.323 e. The summed E-state index contributed by atoms with van der Waals surface area (Å²) >= 11 is 5.79. The molecule has 1 saturated heterocycles. The second-order valence-corrected chi connectivity index (χ2v) is 3.86. The Kier molecular flexibility index (Phi) is 2.89. The van der Waals surface area contributed by atoms with E-state index in [0.717, 1.165) is 22.9 Å². The Morgan fingerprint density at radius 2 is 2.38 bits per heavy atom. The van der Waals surface area contributed by atoms with Crippen molar-refractivity contribution in [3.8, 4) is 0 Å². The van der Waals surface area contributed by atoms with Gasteiger partial charge in [-0.15, -0.1) is 0 Å². The summed E-state index contributed by atoms with van der Waals surface area (Å²) in [7, 11) is 0. The fraction of sp³-hybridized carbons (Fsp3) is 0.167. The number of carboxylic acid groups (broad SMARTS) is 1. The molecule has 13 heavy (non-hydrogen) atoms. The number of hydrogen-bond donors (Lipinski definition) is 2. The highest BCUT2D eigenvalue weighted by atomic mass is 32.2. The Hall–Kier alpha value is -1.08. The van der Waals surface area contributed by atoms with Crippen LogP contribution in [-0.2, 0) is 9.59 Å². The average Bonchev–Trinajstić information content (AvgIpc) is 2.31. The van der Waals surface area contributed by atoms with Gasteiger partial charge in [0.05, 0.1) is 4.91 Å². The van der Waals surface area contributed by atoms with Gasteiger partial charge < -0.3 is 10.8 Å². The molecule has 0 unspecified atom stereocenters. The molecule has 3 N–H and O–H groups in total. The average molecular weight is 218 g/mol. The fourth-order valence-electron chi connectivity index (χ4n) is 0.786. The Labute approximate surface area is 83.6 Å². The van der Waals surface area contributed by atoms with Crippen molar-refractivity contribution in [2.24, 2.45) is 5.73 Å². The summed E-state index contributed by atoms with van der Waals surface area (Å²) in [6.45, 7) is -0.415. The lowest BCUT2D eigenvalue weighted by molar-refractivity contribution is -0.140. The van der Waals surface area contributed by atoms with Crippen LogP contribution in [0.3, 0.4) is 0 Å². The first kappa shape index (κ1) is 10.0. The molecular formula is C6H6N2O3S2. The molecule has 1 aliphatic rings. The van der Waals surface area contributed by atoms with Gasteiger partial charge in [0.25, 0.3) is 5.91 Å². The van der Waals surface area contributed by atoms with Gasteiger partial charge in [-0.1, -0.05) is 24.0 Å². The molecule has 1 fully saturated rings. The van der Waals surface area contributed by atoms with Crippen molar-refractivity contribution in [2.45, 2.75) is 0 Å². The second kappa shape index (κ2) is 3.75. The molecule has 0 aromatic heterocycles. The first-order valence-corrected chi connectivity index (χ1v) is 4.46. The number of thioether (sulfide) groups is 1. The first-order chi connectivity index (χ1) is 6.06. The van der Waals surface area contributed by atoms with E-state index >= 15 is 0 Å². The van der Waals surface area contributed by atoms with Crippen molar-refractivity contribution in [3.63, 3.8) is 0 Å². The minimum atomic E-state index is -1.10. The van der Waals surface area contributed by atoms with E-state index in [1.54, 1.807) is 0 Å². The number of thiocarbonyl (C=S) groups is 1. The van der Waals surface area contributed by atoms with Crippen LogP contribution in [-0.4, -0.2) is 32.7 Å². The predicted molar refractivity (Wildman–Crippen MR) is 51.8 cm³/mol. The number of carbonyl (C=O) groups excluding carboxylic acids is 1. The van der Waals surface area contributed by atoms with Crippen molar-refractivity contribution in [1.82, 2.24) is 4.90 Å². The largest absolute Gasteiger partial charge is 0.480 e. The molecule has 0 aromatic rings. The molecule has 0 saturated carbocycles. The van der Waals surface area contributed by atoms with Crippen molar-refractivity contribution < 1.29 is 14.7 Å². The zero-order chi connectivity index (χ0) is 10.0. The molecule has 1 rings (SSSR count). The molecule has 1 amide bonds. The molecule has 70 valence electrons. The number of carbonyl (C=O) groups is 2. The number of nitrogens with two attached hydrogens (primary N) is 1. The van der Waals surface area contributed by atoms with Crippen LogP contribution in [0.1, 0.15) is 0 Å². The third-order valence-corrected chi connectivity index (χ3v) is 2.71. The zero-order valence-electron chi connectivity index (χ0n) is 6.39. The minimum Gasteiger partial charge on any atom is -0.480 e. The molecule has 5 nitrogen and oxygen atoms in total. The van der Waals surface area contributed by atoms with E-state index in [0.29, 0.717) is 0 Å². The van der Waals surface area contributed by atoms with E-state index in [9.17, 15) is 9.59 Å². The van der Waals surface area contributed by atoms with Gasteiger partial charge in [0.1, 0.15) is 10.9 Å². The Bertz CT molecular complexity index is 313. The molecule has 0 spiro atoms. The number of hydrogen-bond acceptors (Lipinski definition) is 5. The monoisotopic (exact) mass is 218 g/mol. The van der Waals surface area contributed by atoms with Crippen LogP contribution < -0.4 is 5.73 Å². The Balaban J connectivity index is 2.82. The van der Waals surface area contributed by atoms with Crippen LogP contribution in [0.5, 0.6) is 0 Å². The normalized spacial score (nSPS) is 20.0. The third-order valence-electron chi connectivity index (χ3n) is 1.32. The van der Waals surface area contributed by atoms with Crippen LogP contribution in [0, 0.1) is 0 Å². The van der Waals surface area contributed by atoms with Crippen molar-refractivity contribution in [1.29, 1.82) is 0 Å². The van der Waals surface area contributed by atoms with Gasteiger partial charge in [0, 0.05) is 6.20 Å². The maximum atomic E-state index is 11.3. The molecule has 1 heterocycles. The maximum absolute atomic E-state index is 11.3. The van der Waals surface area contributed by atoms with Crippen molar-refractivity contribution in [3.05, 3.63) is 11.1 Å². The van der Waals surface area contributed by atoms with Gasteiger partial charge in [0.2, 0.25) is 0 Å². The van der Waals surface area contributed by atoms with Crippen LogP contribution >= 0.6 is 24.0 Å². The molecule has 1 aliphatic heterocycles. The fourth-order valence-corrected chi connectivity index (χ4v) is 1.91. The highest BCUT2D eigenvalue weighted by Gasteiger charge is 2.32. The predicted octanol–water partition coefficient (Wildman–Crippen LogP) is -0.269. The highest BCUT2D eigenvalue weighted by molar-refractivity contribution is 8.26. The summed E-state index contributed by atoms with van der Waals surface area (Å²) in [5.41, 5.74) is 5.14. The quantitative estimate of drug-likeness (QED) is 0.490. The third kappa shape index (κ3) is 1.99. The lowest BCUT2D eigenvalue weighted by Gasteiger charge is -2.09. The molecule has 0 aromatic carbocycles. The molecule has 0 bridgehead atoms. The number of aliphatic carboxylic acids is 1. The van der Waals surface area contributed by atoms with E-state index in [4.69, 9.17) is 23.1 Å². The number of nitrogens with zero attached hydrogens (tertiary/aromatic N) is 1. The molecular weight excluding hydrogens is 212 g/mol. The molecule has 0 aliphatic carbocycles. The standard InChI is InChI=1S/C6H6N2O3S2/c7-1-3-5(11)8(2-4(9)10)6(12)13-3/h1H,2,7H2,(H,9,10)/b3-1+. The number of carboxylic acids is 1. The van der Waals surface area contributed by atoms with Crippen LogP contribution in [0.2, 0.25) is 0 Å². The van der Waals surface area contributed by atoms with Crippen molar-refractivity contribution in [2.75, 3.05) is 6.54 Å². The van der Waals surface area contributed by atoms with E-state index in [2.05, 4.69) is 0 Å². The Morgan fingerprint density at radius 1 is 1.77 bits per heavy atom. The summed E-state index contributed by atoms with van der Waals surface area (Å²) in [6.07, 6.45) is 1.13. The summed E-state index contributed by atoms with van der Waals surface area (Å²) in [6, 6.07) is 0. The second-order valence-electron chi connectivity index (χ2n) is 2.18. The molecule has 0 radical (unpaired) electrons. The highest BCUT2D eigenvalue weighted by Crippen LogP contribution is 2.29. The topological polar surface area (TPSA) is 83.6 Å². The lowest BCUT2D eigenvalue weighted by Crippen LogP contribution is -2.33. The van der Waals surface area contributed by atoms with Gasteiger partial charge in [-0.25, -0.2) is 0 Å². The first-order valence-electron chi connectivity index (χ1n) is 3.23. The van der Waals surface area contributed by atoms with Crippen molar-refractivity contribution >= 4 is 40.2 Å². The van der Waals surface area contributed by atoms with Gasteiger partial charge in [-0.2, -0.15) is 0 Å². The minimum absolute atomic E-state index is 0.226. The van der Waals surface area contributed by atoms with Crippen LogP contribution in [0.4, 0.5) is 0 Å². The van der Waals surface area contributed by atoms with E-state index in [1.807, 2.05) is 0 Å². The summed E-state index contributed by atoms with van der Waals surface area (Å²) in [5, 5.41) is 8.45. The molecule has 7 heteroatoms. The number of rotatable bonds is 2. The SMILES string of the molecule is N/C=C1/SC(=S)N(CC(=O)O)C1=O. The van der Waals surface area contributed by atoms with E-state index in [1.165, 1.54) is 0 Å². The van der Waals surface area contributed by atoms with Crippen LogP contribution in [0.15, 0.2) is 11.1 Å². The van der Waals surface area contributed by atoms with E-state index < -0.39 is 18.4 Å². The van der Waals surface area contributed by atoms with E-state index in [-0.39, 0.29) is 9.23 Å². The lowest BCUT2D eigenvalue weighted by atomic mass is 10.4.